The normalized spacial score (nSPS) is 15.2. The number of rotatable bonds is 6. The molecule has 1 atom stereocenters. The third kappa shape index (κ3) is 4.98. The van der Waals surface area contributed by atoms with Crippen molar-refractivity contribution in [1.29, 1.82) is 0 Å². The maximum absolute atomic E-state index is 13.7. The summed E-state index contributed by atoms with van der Waals surface area (Å²) in [5.74, 6) is -0.838. The number of allylic oxidation sites excluding steroid dienone is 1. The van der Waals surface area contributed by atoms with Gasteiger partial charge in [-0.3, -0.25) is 9.36 Å². The van der Waals surface area contributed by atoms with Gasteiger partial charge in [0.2, 0.25) is 0 Å². The van der Waals surface area contributed by atoms with Crippen LogP contribution in [0.25, 0.3) is 17.4 Å². The van der Waals surface area contributed by atoms with Gasteiger partial charge < -0.3 is 14.3 Å². The Morgan fingerprint density at radius 1 is 1.15 bits per heavy atom. The van der Waals surface area contributed by atoms with Crippen molar-refractivity contribution in [3.8, 4) is 11.3 Å². The number of aryl methyl sites for hydroxylation is 1. The van der Waals surface area contributed by atoms with Gasteiger partial charge in [0, 0.05) is 11.6 Å². The lowest BCUT2D eigenvalue weighted by molar-refractivity contribution is -0.139. The second kappa shape index (κ2) is 10.5. The minimum Gasteiger partial charge on any atom is -0.478 e. The molecular formula is C29H23ClN2O6S. The zero-order valence-electron chi connectivity index (χ0n) is 21.2. The van der Waals surface area contributed by atoms with Crippen LogP contribution in [-0.4, -0.2) is 28.2 Å². The summed E-state index contributed by atoms with van der Waals surface area (Å²) in [5.41, 5.74) is 2.80. The van der Waals surface area contributed by atoms with Gasteiger partial charge in [0.1, 0.15) is 11.5 Å². The molecule has 0 spiro atoms. The van der Waals surface area contributed by atoms with Gasteiger partial charge in [-0.2, -0.15) is 0 Å². The number of benzene rings is 2. The first kappa shape index (κ1) is 26.4. The Morgan fingerprint density at radius 3 is 2.59 bits per heavy atom. The van der Waals surface area contributed by atoms with Gasteiger partial charge in [0.05, 0.1) is 39.0 Å². The topological polar surface area (TPSA) is 111 Å². The van der Waals surface area contributed by atoms with E-state index < -0.39 is 18.0 Å². The number of thiazole rings is 1. The zero-order valence-corrected chi connectivity index (χ0v) is 22.8. The lowest BCUT2D eigenvalue weighted by Crippen LogP contribution is -2.39. The number of nitrogens with zero attached hydrogens (tertiary/aromatic N) is 2. The first-order valence-electron chi connectivity index (χ1n) is 12.1. The number of hydrogen-bond donors (Lipinski definition) is 1. The number of hydrogen-bond acceptors (Lipinski definition) is 7. The summed E-state index contributed by atoms with van der Waals surface area (Å²) in [7, 11) is 0. The first-order chi connectivity index (χ1) is 18.7. The maximum Gasteiger partial charge on any atom is 0.338 e. The van der Waals surface area contributed by atoms with Gasteiger partial charge in [0.25, 0.3) is 5.56 Å². The van der Waals surface area contributed by atoms with Gasteiger partial charge in [-0.05, 0) is 56.7 Å². The number of carbonyl (C=O) groups is 2. The zero-order chi connectivity index (χ0) is 27.8. The number of ether oxygens (including phenoxy) is 1. The van der Waals surface area contributed by atoms with Crippen molar-refractivity contribution in [2.75, 3.05) is 6.61 Å². The molecule has 1 aliphatic heterocycles. The average molecular weight is 563 g/mol. The number of fused-ring (bicyclic) bond motifs is 1. The van der Waals surface area contributed by atoms with Gasteiger partial charge in [-0.1, -0.05) is 52.8 Å². The van der Waals surface area contributed by atoms with Crippen LogP contribution in [-0.2, 0) is 9.53 Å². The van der Waals surface area contributed by atoms with E-state index in [-0.39, 0.29) is 22.8 Å². The van der Waals surface area contributed by atoms with Crippen molar-refractivity contribution in [3.05, 3.63) is 113 Å². The molecule has 8 nitrogen and oxygen atoms in total. The molecule has 2 aromatic heterocycles. The predicted molar refractivity (Wildman–Crippen MR) is 148 cm³/mol. The van der Waals surface area contributed by atoms with Crippen LogP contribution in [0.4, 0.5) is 0 Å². The smallest absolute Gasteiger partial charge is 0.338 e. The Morgan fingerprint density at radius 2 is 1.90 bits per heavy atom. The largest absolute Gasteiger partial charge is 0.478 e. The van der Waals surface area contributed by atoms with Crippen molar-refractivity contribution in [2.24, 2.45) is 4.99 Å². The Bertz CT molecular complexity index is 1830. The van der Waals surface area contributed by atoms with Crippen molar-refractivity contribution >= 4 is 41.0 Å². The third-order valence-corrected chi connectivity index (χ3v) is 7.60. The second-order valence-electron chi connectivity index (χ2n) is 8.91. The summed E-state index contributed by atoms with van der Waals surface area (Å²) < 4.78 is 13.1. The third-order valence-electron chi connectivity index (χ3n) is 6.29. The molecule has 3 heterocycles. The Kier molecular flexibility index (Phi) is 7.12. The lowest BCUT2D eigenvalue weighted by Gasteiger charge is -2.24. The van der Waals surface area contributed by atoms with E-state index in [1.165, 1.54) is 28.0 Å². The number of carbonyl (C=O) groups excluding carboxylic acids is 1. The molecule has 198 valence electrons. The molecule has 1 aliphatic rings. The number of carboxylic acid groups (broad SMARTS) is 1. The summed E-state index contributed by atoms with van der Waals surface area (Å²) in [6, 6.07) is 14.9. The Labute approximate surface area is 231 Å². The number of furan rings is 1. The molecular weight excluding hydrogens is 540 g/mol. The van der Waals surface area contributed by atoms with Crippen molar-refractivity contribution < 1.29 is 23.8 Å². The molecule has 2 aromatic carbocycles. The molecule has 10 heteroatoms. The van der Waals surface area contributed by atoms with E-state index in [1.807, 2.05) is 31.2 Å². The number of halogens is 1. The molecule has 5 rings (SSSR count). The minimum absolute atomic E-state index is 0.0377. The average Bonchev–Trinajstić information content (AvgIpc) is 3.48. The molecule has 1 N–H and O–H groups in total. The highest BCUT2D eigenvalue weighted by atomic mass is 35.5. The van der Waals surface area contributed by atoms with Gasteiger partial charge in [-0.25, -0.2) is 14.6 Å². The van der Waals surface area contributed by atoms with E-state index >= 15 is 0 Å². The fourth-order valence-corrected chi connectivity index (χ4v) is 5.64. The lowest BCUT2D eigenvalue weighted by atomic mass is 9.95. The standard InChI is InChI=1S/C29H23ClN2O6S/c1-4-37-28(36)24-16(3)31-29-32(25(24)17-7-5-15(2)6-8-17)26(33)23(39-29)14-19-10-12-22(38-19)18-9-11-21(30)20(13-18)27(34)35/h5-14,25H,4H2,1-3H3,(H,34,35)/t25-/m1/s1. The highest BCUT2D eigenvalue weighted by Crippen LogP contribution is 2.31. The number of carboxylic acids is 1. The molecule has 0 saturated carbocycles. The molecule has 0 unspecified atom stereocenters. The van der Waals surface area contributed by atoms with Gasteiger partial charge >= 0.3 is 11.9 Å². The summed E-state index contributed by atoms with van der Waals surface area (Å²) >= 11 is 7.17. The van der Waals surface area contributed by atoms with E-state index in [1.54, 1.807) is 38.1 Å². The molecule has 0 fully saturated rings. The number of aromatic carboxylic acids is 1. The van der Waals surface area contributed by atoms with Crippen LogP contribution in [0.1, 0.15) is 47.1 Å². The summed E-state index contributed by atoms with van der Waals surface area (Å²) in [4.78, 5) is 43.2. The van der Waals surface area contributed by atoms with Crippen molar-refractivity contribution in [1.82, 2.24) is 4.57 Å². The summed E-state index contributed by atoms with van der Waals surface area (Å²) in [6.45, 7) is 5.63. The van der Waals surface area contributed by atoms with Crippen LogP contribution >= 0.6 is 22.9 Å². The van der Waals surface area contributed by atoms with E-state index in [9.17, 15) is 19.5 Å². The molecule has 4 aromatic rings. The van der Waals surface area contributed by atoms with Crippen LogP contribution in [0.2, 0.25) is 5.02 Å². The van der Waals surface area contributed by atoms with E-state index in [0.29, 0.717) is 37.7 Å². The van der Waals surface area contributed by atoms with Crippen LogP contribution < -0.4 is 14.9 Å². The second-order valence-corrected chi connectivity index (χ2v) is 10.3. The van der Waals surface area contributed by atoms with E-state index in [4.69, 9.17) is 20.8 Å². The molecule has 0 saturated heterocycles. The maximum atomic E-state index is 13.7. The SMILES string of the molecule is CCOC(=O)C1=C(C)N=c2sc(=Cc3ccc(-c4ccc(Cl)c(C(=O)O)c4)o3)c(=O)n2[C@@H]1c1ccc(C)cc1. The van der Waals surface area contributed by atoms with Crippen molar-refractivity contribution in [2.45, 2.75) is 26.8 Å². The van der Waals surface area contributed by atoms with Gasteiger partial charge in [-0.15, -0.1) is 0 Å². The summed E-state index contributed by atoms with van der Waals surface area (Å²) in [6.07, 6.45) is 1.61. The monoisotopic (exact) mass is 562 g/mol. The predicted octanol–water partition coefficient (Wildman–Crippen LogP) is 4.72. The Hall–Kier alpha value is -4.21. The van der Waals surface area contributed by atoms with E-state index in [2.05, 4.69) is 4.99 Å². The van der Waals surface area contributed by atoms with Crippen LogP contribution in [0.5, 0.6) is 0 Å². The fraction of sp³-hybridized carbons (Fsp3) is 0.172. The minimum atomic E-state index is -1.14. The van der Waals surface area contributed by atoms with E-state index in [0.717, 1.165) is 11.1 Å². The highest BCUT2D eigenvalue weighted by molar-refractivity contribution is 7.07. The fourth-order valence-electron chi connectivity index (χ4n) is 4.41. The first-order valence-corrected chi connectivity index (χ1v) is 13.3. The molecule has 0 amide bonds. The van der Waals surface area contributed by atoms with Crippen LogP contribution in [0, 0.1) is 6.92 Å². The molecule has 39 heavy (non-hydrogen) atoms. The van der Waals surface area contributed by atoms with Crippen LogP contribution in [0.15, 0.2) is 80.1 Å². The molecule has 0 radical (unpaired) electrons. The summed E-state index contributed by atoms with van der Waals surface area (Å²) in [5, 5.41) is 9.49. The number of esters is 1. The highest BCUT2D eigenvalue weighted by Gasteiger charge is 2.33. The van der Waals surface area contributed by atoms with Crippen LogP contribution in [0.3, 0.4) is 0 Å². The quantitative estimate of drug-likeness (QED) is 0.340. The van der Waals surface area contributed by atoms with Gasteiger partial charge in [0.15, 0.2) is 4.80 Å². The Balaban J connectivity index is 1.61. The molecule has 0 aliphatic carbocycles. The molecule has 0 bridgehead atoms. The van der Waals surface area contributed by atoms with Crippen molar-refractivity contribution in [3.63, 3.8) is 0 Å². The number of aromatic nitrogens is 1.